The summed E-state index contributed by atoms with van der Waals surface area (Å²) in [5, 5.41) is -1.73. The standard InChI is InChI=1S/C15H13Cl3N2O3/c1-6(2)23-15(22)8-9(16)10(17)13(18)20-12(8)11-7(14(20)21)4-3-5-19-11/h3-6,9-10,13H,1-2H3/t9-,10+,13+/m0/s1. The van der Waals surface area contributed by atoms with Crippen molar-refractivity contribution >= 4 is 52.4 Å². The molecule has 0 saturated heterocycles. The minimum absolute atomic E-state index is 0.114. The zero-order valence-corrected chi connectivity index (χ0v) is 14.6. The highest BCUT2D eigenvalue weighted by Gasteiger charge is 2.50. The fourth-order valence-corrected chi connectivity index (χ4v) is 3.64. The second-order valence-electron chi connectivity index (χ2n) is 5.51. The van der Waals surface area contributed by atoms with E-state index in [0.29, 0.717) is 11.3 Å². The molecule has 0 radical (unpaired) electrons. The number of carbonyl (C=O) groups excluding carboxylic acids is 2. The molecular formula is C15H13Cl3N2O3. The van der Waals surface area contributed by atoms with Crippen molar-refractivity contribution in [3.05, 3.63) is 35.2 Å². The number of aromatic nitrogens is 1. The zero-order valence-electron chi connectivity index (χ0n) is 12.3. The molecule has 0 unspecified atom stereocenters. The number of esters is 1. The molecule has 0 saturated carbocycles. The monoisotopic (exact) mass is 374 g/mol. The second kappa shape index (κ2) is 5.96. The minimum Gasteiger partial charge on any atom is -0.460 e. The number of pyridine rings is 1. The predicted octanol–water partition coefficient (Wildman–Crippen LogP) is 2.99. The highest BCUT2D eigenvalue weighted by atomic mass is 35.5. The SMILES string of the molecule is CC(C)OC(=O)C1=C2c3ncccc3C(=O)N2[C@@H](Cl)[C@H](Cl)[C@H]1Cl. The van der Waals surface area contributed by atoms with Crippen LogP contribution in [0.2, 0.25) is 0 Å². The van der Waals surface area contributed by atoms with Crippen LogP contribution in [0.15, 0.2) is 23.9 Å². The van der Waals surface area contributed by atoms with E-state index in [1.165, 1.54) is 11.1 Å². The maximum atomic E-state index is 12.6. The lowest BCUT2D eigenvalue weighted by molar-refractivity contribution is -0.142. The van der Waals surface area contributed by atoms with Crippen molar-refractivity contribution in [2.45, 2.75) is 36.2 Å². The Hall–Kier alpha value is -1.30. The van der Waals surface area contributed by atoms with Crippen LogP contribution in [0.4, 0.5) is 0 Å². The summed E-state index contributed by atoms with van der Waals surface area (Å²) in [6, 6.07) is 3.26. The van der Waals surface area contributed by atoms with Gasteiger partial charge in [-0.25, -0.2) is 4.79 Å². The summed E-state index contributed by atoms with van der Waals surface area (Å²) in [6.07, 6.45) is 1.20. The number of halogens is 3. The van der Waals surface area contributed by atoms with Gasteiger partial charge in [-0.15, -0.1) is 23.2 Å². The lowest BCUT2D eigenvalue weighted by atomic mass is 10.0. The van der Waals surface area contributed by atoms with E-state index in [9.17, 15) is 9.59 Å². The summed E-state index contributed by atoms with van der Waals surface area (Å²) >= 11 is 18.9. The van der Waals surface area contributed by atoms with E-state index in [-0.39, 0.29) is 23.3 Å². The molecule has 3 heterocycles. The molecule has 0 bridgehead atoms. The fourth-order valence-electron chi connectivity index (χ4n) is 2.66. The molecule has 2 aliphatic heterocycles. The third-order valence-corrected chi connectivity index (χ3v) is 5.31. The van der Waals surface area contributed by atoms with Crippen molar-refractivity contribution in [2.24, 2.45) is 0 Å². The summed E-state index contributed by atoms with van der Waals surface area (Å²) in [6.45, 7) is 3.45. The van der Waals surface area contributed by atoms with Crippen LogP contribution >= 0.6 is 34.8 Å². The molecule has 3 atom stereocenters. The first-order valence-electron chi connectivity index (χ1n) is 7.01. The Labute approximate surface area is 148 Å². The Bertz CT molecular complexity index is 720. The third kappa shape index (κ3) is 2.51. The highest BCUT2D eigenvalue weighted by molar-refractivity contribution is 6.39. The van der Waals surface area contributed by atoms with E-state index in [0.717, 1.165) is 0 Å². The van der Waals surface area contributed by atoms with Crippen LogP contribution in [0.1, 0.15) is 29.9 Å². The van der Waals surface area contributed by atoms with E-state index in [4.69, 9.17) is 39.5 Å². The van der Waals surface area contributed by atoms with Gasteiger partial charge in [0, 0.05) is 6.20 Å². The average molecular weight is 376 g/mol. The molecule has 3 rings (SSSR count). The number of ether oxygens (including phenoxy) is 1. The van der Waals surface area contributed by atoms with Gasteiger partial charge in [0.2, 0.25) is 0 Å². The molecule has 2 aliphatic rings. The molecule has 0 aromatic carbocycles. The van der Waals surface area contributed by atoms with Gasteiger partial charge in [-0.2, -0.15) is 0 Å². The number of fused-ring (bicyclic) bond motifs is 3. The molecule has 1 amide bonds. The largest absolute Gasteiger partial charge is 0.460 e. The predicted molar refractivity (Wildman–Crippen MR) is 87.5 cm³/mol. The van der Waals surface area contributed by atoms with Crippen LogP contribution in [0, 0.1) is 0 Å². The van der Waals surface area contributed by atoms with Gasteiger partial charge in [0.25, 0.3) is 5.91 Å². The number of amides is 1. The first-order valence-corrected chi connectivity index (χ1v) is 8.31. The summed E-state index contributed by atoms with van der Waals surface area (Å²) in [5.41, 5.74) is 0.244. The maximum absolute atomic E-state index is 12.6. The topological polar surface area (TPSA) is 59.5 Å². The van der Waals surface area contributed by atoms with E-state index in [1.54, 1.807) is 26.0 Å². The Morgan fingerprint density at radius 2 is 2.04 bits per heavy atom. The van der Waals surface area contributed by atoms with E-state index in [1.807, 2.05) is 0 Å². The summed E-state index contributed by atoms with van der Waals surface area (Å²) < 4.78 is 5.25. The fraction of sp³-hybridized carbons (Fsp3) is 0.400. The van der Waals surface area contributed by atoms with Gasteiger partial charge in [-0.1, -0.05) is 11.6 Å². The Morgan fingerprint density at radius 3 is 2.70 bits per heavy atom. The normalized spacial score (nSPS) is 26.4. The molecule has 0 fully saturated rings. The van der Waals surface area contributed by atoms with Crippen molar-refractivity contribution < 1.29 is 14.3 Å². The second-order valence-corrected chi connectivity index (χ2v) is 6.93. The van der Waals surface area contributed by atoms with Crippen molar-refractivity contribution in [1.82, 2.24) is 9.88 Å². The minimum atomic E-state index is -0.891. The molecule has 0 spiro atoms. The number of rotatable bonds is 2. The number of carbonyl (C=O) groups is 2. The van der Waals surface area contributed by atoms with Gasteiger partial charge in [0.05, 0.1) is 33.7 Å². The van der Waals surface area contributed by atoms with Crippen LogP contribution in [0.25, 0.3) is 5.70 Å². The maximum Gasteiger partial charge on any atom is 0.338 e. The Kier molecular flexibility index (Phi) is 4.29. The first kappa shape index (κ1) is 16.6. The van der Waals surface area contributed by atoms with Gasteiger partial charge in [0.15, 0.2) is 0 Å². The summed E-state index contributed by atoms with van der Waals surface area (Å²) in [7, 11) is 0. The van der Waals surface area contributed by atoms with E-state index < -0.39 is 22.2 Å². The number of nitrogens with zero attached hydrogens (tertiary/aromatic N) is 2. The Morgan fingerprint density at radius 1 is 1.35 bits per heavy atom. The van der Waals surface area contributed by atoms with Gasteiger partial charge < -0.3 is 4.74 Å². The van der Waals surface area contributed by atoms with Crippen molar-refractivity contribution in [1.29, 1.82) is 0 Å². The van der Waals surface area contributed by atoms with Gasteiger partial charge >= 0.3 is 5.97 Å². The number of alkyl halides is 3. The van der Waals surface area contributed by atoms with Crippen LogP contribution in [0.5, 0.6) is 0 Å². The van der Waals surface area contributed by atoms with Crippen molar-refractivity contribution in [3.63, 3.8) is 0 Å². The molecule has 23 heavy (non-hydrogen) atoms. The van der Waals surface area contributed by atoms with Crippen LogP contribution in [0.3, 0.4) is 0 Å². The highest BCUT2D eigenvalue weighted by Crippen LogP contribution is 2.45. The van der Waals surface area contributed by atoms with Gasteiger partial charge in [-0.3, -0.25) is 14.7 Å². The number of hydrogen-bond acceptors (Lipinski definition) is 4. The molecule has 1 aromatic heterocycles. The van der Waals surface area contributed by atoms with Crippen LogP contribution < -0.4 is 0 Å². The first-order chi connectivity index (χ1) is 10.8. The van der Waals surface area contributed by atoms with E-state index >= 15 is 0 Å². The molecular weight excluding hydrogens is 363 g/mol. The van der Waals surface area contributed by atoms with Gasteiger partial charge in [0.1, 0.15) is 11.2 Å². The summed E-state index contributed by atoms with van der Waals surface area (Å²) in [4.78, 5) is 30.6. The molecule has 8 heteroatoms. The van der Waals surface area contributed by atoms with Crippen LogP contribution in [-0.4, -0.2) is 44.1 Å². The molecule has 0 N–H and O–H groups in total. The van der Waals surface area contributed by atoms with Crippen molar-refractivity contribution in [3.8, 4) is 0 Å². The lowest BCUT2D eigenvalue weighted by Crippen LogP contribution is -2.47. The molecule has 122 valence electrons. The quantitative estimate of drug-likeness (QED) is 0.453. The van der Waals surface area contributed by atoms with Crippen LogP contribution in [-0.2, 0) is 9.53 Å². The average Bonchev–Trinajstić information content (AvgIpc) is 2.78. The number of hydrogen-bond donors (Lipinski definition) is 0. The van der Waals surface area contributed by atoms with Crippen molar-refractivity contribution in [2.75, 3.05) is 0 Å². The van der Waals surface area contributed by atoms with Gasteiger partial charge in [-0.05, 0) is 26.0 Å². The summed E-state index contributed by atoms with van der Waals surface area (Å²) in [5.74, 6) is -0.979. The lowest BCUT2D eigenvalue weighted by Gasteiger charge is -2.36. The molecule has 1 aromatic rings. The zero-order chi connectivity index (χ0) is 16.9. The third-order valence-electron chi connectivity index (χ3n) is 3.60. The Balaban J connectivity index is 2.23. The molecule has 0 aliphatic carbocycles. The van der Waals surface area contributed by atoms with E-state index in [2.05, 4.69) is 4.98 Å². The smallest absolute Gasteiger partial charge is 0.338 e. The molecule has 5 nitrogen and oxygen atoms in total.